The first-order valence-corrected chi connectivity index (χ1v) is 16.5. The molecular formula is C29H33F3N4O5S2. The van der Waals surface area contributed by atoms with E-state index in [-0.39, 0.29) is 31.1 Å². The lowest BCUT2D eigenvalue weighted by atomic mass is 9.85. The second-order valence-corrected chi connectivity index (χ2v) is 14.2. The number of rotatable bonds is 8. The van der Waals surface area contributed by atoms with Crippen molar-refractivity contribution in [3.05, 3.63) is 58.5 Å². The first-order chi connectivity index (χ1) is 20.3. The molecule has 2 fully saturated rings. The normalized spacial score (nSPS) is 21.1. The molecule has 0 amide bonds. The Morgan fingerprint density at radius 2 is 1.91 bits per heavy atom. The second-order valence-electron chi connectivity index (χ2n) is 11.1. The SMILES string of the molecule is Cc1cc(CN2CCS(=O)(=O)CC2)ccc1COc1ccc(N)cc1-c1csc(N2CCC(C(=O)O)C(C(F)(F)F)C2)n1. The summed E-state index contributed by atoms with van der Waals surface area (Å²) >= 11 is 1.19. The van der Waals surface area contributed by atoms with Crippen molar-refractivity contribution < 1.29 is 36.2 Å². The second kappa shape index (κ2) is 12.3. The Morgan fingerprint density at radius 1 is 1.16 bits per heavy atom. The van der Waals surface area contributed by atoms with Crippen LogP contribution in [0.4, 0.5) is 24.0 Å². The van der Waals surface area contributed by atoms with E-state index in [1.807, 2.05) is 19.1 Å². The molecule has 1 aromatic heterocycles. The monoisotopic (exact) mass is 638 g/mol. The summed E-state index contributed by atoms with van der Waals surface area (Å²) in [4.78, 5) is 19.7. The molecule has 2 unspecified atom stereocenters. The standard InChI is InChI=1S/C29H33F3N4O5S2/c1-18-12-19(14-35-8-10-43(39,40)11-9-35)2-3-20(18)16-41-26-5-4-21(33)13-23(26)25-17-42-28(34-25)36-7-6-22(27(37)38)24(15-36)29(30,31)32/h2-5,12-13,17,22,24H,6-11,14-16,33H2,1H3,(H,37,38). The smallest absolute Gasteiger partial charge is 0.394 e. The van der Waals surface area contributed by atoms with Crippen LogP contribution in [0.5, 0.6) is 5.75 Å². The summed E-state index contributed by atoms with van der Waals surface area (Å²) < 4.78 is 70.6. The van der Waals surface area contributed by atoms with Crippen LogP contribution < -0.4 is 15.4 Å². The maximum absolute atomic E-state index is 13.7. The molecule has 3 N–H and O–H groups in total. The van der Waals surface area contributed by atoms with E-state index in [4.69, 9.17) is 10.5 Å². The maximum atomic E-state index is 13.7. The number of nitrogens with two attached hydrogens (primary N) is 1. The van der Waals surface area contributed by atoms with Crippen LogP contribution in [0.25, 0.3) is 11.3 Å². The van der Waals surface area contributed by atoms with Crippen LogP contribution in [0.15, 0.2) is 41.8 Å². The molecule has 0 spiro atoms. The van der Waals surface area contributed by atoms with Gasteiger partial charge in [-0.3, -0.25) is 9.69 Å². The minimum absolute atomic E-state index is 0.126. The van der Waals surface area contributed by atoms with Crippen molar-refractivity contribution in [3.63, 3.8) is 0 Å². The third-order valence-electron chi connectivity index (χ3n) is 8.03. The summed E-state index contributed by atoms with van der Waals surface area (Å²) in [6.07, 6.45) is -4.76. The largest absolute Gasteiger partial charge is 0.488 e. The van der Waals surface area contributed by atoms with E-state index < -0.39 is 40.4 Å². The number of carboxylic acid groups (broad SMARTS) is 1. The fraction of sp³-hybridized carbons (Fsp3) is 0.448. The van der Waals surface area contributed by atoms with E-state index in [1.165, 1.54) is 16.2 Å². The number of alkyl halides is 3. The first-order valence-electron chi connectivity index (χ1n) is 13.8. The molecule has 3 aromatic rings. The molecule has 0 bridgehead atoms. The average molecular weight is 639 g/mol. The molecular weight excluding hydrogens is 605 g/mol. The van der Waals surface area contributed by atoms with E-state index in [0.717, 1.165) is 16.7 Å². The number of sulfone groups is 1. The number of nitrogen functional groups attached to an aromatic ring is 1. The number of carbonyl (C=O) groups is 1. The van der Waals surface area contributed by atoms with Gasteiger partial charge in [0.15, 0.2) is 15.0 Å². The van der Waals surface area contributed by atoms with Gasteiger partial charge in [-0.15, -0.1) is 11.3 Å². The van der Waals surface area contributed by atoms with Crippen molar-refractivity contribution in [2.45, 2.75) is 32.7 Å². The lowest BCUT2D eigenvalue weighted by molar-refractivity contribution is -0.197. The number of piperidine rings is 1. The minimum atomic E-state index is -4.64. The van der Waals surface area contributed by atoms with E-state index in [1.54, 1.807) is 23.6 Å². The van der Waals surface area contributed by atoms with E-state index in [2.05, 4.69) is 16.0 Å². The lowest BCUT2D eigenvalue weighted by Crippen LogP contribution is -2.49. The molecule has 2 atom stereocenters. The van der Waals surface area contributed by atoms with Crippen molar-refractivity contribution in [3.8, 4) is 17.0 Å². The highest BCUT2D eigenvalue weighted by Crippen LogP contribution is 2.41. The van der Waals surface area contributed by atoms with Gasteiger partial charge in [0.2, 0.25) is 0 Å². The summed E-state index contributed by atoms with van der Waals surface area (Å²) in [5, 5.41) is 11.4. The Balaban J connectivity index is 1.28. The lowest BCUT2D eigenvalue weighted by Gasteiger charge is -2.37. The predicted octanol–water partition coefficient (Wildman–Crippen LogP) is 4.60. The zero-order valence-electron chi connectivity index (χ0n) is 23.5. The number of aromatic nitrogens is 1. The molecule has 43 heavy (non-hydrogen) atoms. The molecule has 2 aliphatic rings. The van der Waals surface area contributed by atoms with Crippen LogP contribution in [-0.4, -0.2) is 73.2 Å². The third-order valence-corrected chi connectivity index (χ3v) is 10.5. The highest BCUT2D eigenvalue weighted by Gasteiger charge is 2.50. The summed E-state index contributed by atoms with van der Waals surface area (Å²) in [7, 11) is -2.93. The Hall–Kier alpha value is -3.36. The summed E-state index contributed by atoms with van der Waals surface area (Å²) in [5.41, 5.74) is 10.7. The number of aryl methyl sites for hydroxylation is 1. The van der Waals surface area contributed by atoms with Gasteiger partial charge in [-0.25, -0.2) is 13.4 Å². The Kier molecular flexibility index (Phi) is 8.91. The van der Waals surface area contributed by atoms with Gasteiger partial charge in [0, 0.05) is 49.4 Å². The van der Waals surface area contributed by atoms with E-state index in [0.29, 0.717) is 47.5 Å². The molecule has 232 valence electrons. The Labute approximate surface area is 252 Å². The van der Waals surface area contributed by atoms with Crippen LogP contribution in [-0.2, 0) is 27.8 Å². The van der Waals surface area contributed by atoms with Gasteiger partial charge in [0.1, 0.15) is 12.4 Å². The van der Waals surface area contributed by atoms with Gasteiger partial charge in [-0.1, -0.05) is 18.2 Å². The van der Waals surface area contributed by atoms with Crippen molar-refractivity contribution in [1.82, 2.24) is 9.88 Å². The number of nitrogens with zero attached hydrogens (tertiary/aromatic N) is 3. The molecule has 5 rings (SSSR count). The van der Waals surface area contributed by atoms with Gasteiger partial charge in [-0.2, -0.15) is 13.2 Å². The summed E-state index contributed by atoms with van der Waals surface area (Å²) in [6, 6.07) is 11.2. The third kappa shape index (κ3) is 7.42. The quantitative estimate of drug-likeness (QED) is 0.341. The number of carboxylic acids is 1. The van der Waals surface area contributed by atoms with Crippen molar-refractivity contribution in [2.24, 2.45) is 11.8 Å². The highest BCUT2D eigenvalue weighted by atomic mass is 32.2. The van der Waals surface area contributed by atoms with E-state index in [9.17, 15) is 31.5 Å². The summed E-state index contributed by atoms with van der Waals surface area (Å²) in [5.74, 6) is -4.03. The number of anilines is 2. The fourth-order valence-electron chi connectivity index (χ4n) is 5.50. The number of halogens is 3. The fourth-order valence-corrected chi connectivity index (χ4v) is 7.64. The maximum Gasteiger partial charge on any atom is 0.394 e. The number of hydrogen-bond donors (Lipinski definition) is 2. The van der Waals surface area contributed by atoms with Crippen molar-refractivity contribution in [1.29, 1.82) is 0 Å². The van der Waals surface area contributed by atoms with Crippen LogP contribution in [0.3, 0.4) is 0 Å². The topological polar surface area (TPSA) is 126 Å². The number of hydrogen-bond acceptors (Lipinski definition) is 9. The van der Waals surface area contributed by atoms with Crippen LogP contribution in [0, 0.1) is 18.8 Å². The van der Waals surface area contributed by atoms with Crippen LogP contribution in [0.1, 0.15) is 23.1 Å². The van der Waals surface area contributed by atoms with Gasteiger partial charge in [-0.05, 0) is 48.2 Å². The zero-order chi connectivity index (χ0) is 30.9. The summed E-state index contributed by atoms with van der Waals surface area (Å²) in [6.45, 7) is 3.65. The molecule has 0 aliphatic carbocycles. The molecule has 0 radical (unpaired) electrons. The molecule has 14 heteroatoms. The number of aliphatic carboxylic acids is 1. The first kappa shape index (κ1) is 31.1. The van der Waals surface area contributed by atoms with Crippen LogP contribution in [0.2, 0.25) is 0 Å². The number of thiazole rings is 1. The number of benzene rings is 2. The zero-order valence-corrected chi connectivity index (χ0v) is 25.1. The van der Waals surface area contributed by atoms with Crippen molar-refractivity contribution in [2.75, 3.05) is 48.3 Å². The van der Waals surface area contributed by atoms with Gasteiger partial charge < -0.3 is 20.5 Å². The number of ether oxygens (including phenoxy) is 1. The van der Waals surface area contributed by atoms with Crippen molar-refractivity contribution >= 4 is 38.0 Å². The Morgan fingerprint density at radius 3 is 2.58 bits per heavy atom. The molecule has 0 saturated carbocycles. The average Bonchev–Trinajstić information content (AvgIpc) is 3.44. The predicted molar refractivity (Wildman–Crippen MR) is 159 cm³/mol. The van der Waals surface area contributed by atoms with E-state index >= 15 is 0 Å². The van der Waals surface area contributed by atoms with Gasteiger partial charge in [0.25, 0.3) is 0 Å². The molecule has 2 aliphatic heterocycles. The highest BCUT2D eigenvalue weighted by molar-refractivity contribution is 7.91. The molecule has 9 nitrogen and oxygen atoms in total. The van der Waals surface area contributed by atoms with Crippen LogP contribution >= 0.6 is 11.3 Å². The van der Waals surface area contributed by atoms with Gasteiger partial charge in [0.05, 0.1) is 29.0 Å². The molecule has 2 aromatic carbocycles. The molecule has 2 saturated heterocycles. The Bertz CT molecular complexity index is 1580. The minimum Gasteiger partial charge on any atom is -0.488 e. The molecule has 3 heterocycles. The van der Waals surface area contributed by atoms with Gasteiger partial charge >= 0.3 is 12.1 Å².